The lowest BCUT2D eigenvalue weighted by molar-refractivity contribution is -0.384. The average Bonchev–Trinajstić information content (AvgIpc) is 2.45. The van der Waals surface area contributed by atoms with Gasteiger partial charge in [-0.15, -0.1) is 0 Å². The smallest absolute Gasteiger partial charge is 0.416 e. The summed E-state index contributed by atoms with van der Waals surface area (Å²) in [7, 11) is 0. The Morgan fingerprint density at radius 3 is 2.33 bits per heavy atom. The number of hydrogen-bond donors (Lipinski definition) is 0. The summed E-state index contributed by atoms with van der Waals surface area (Å²) >= 11 is 0. The summed E-state index contributed by atoms with van der Waals surface area (Å²) < 4.78 is 42.5. The zero-order valence-corrected chi connectivity index (χ0v) is 10.6. The maximum Gasteiger partial charge on any atom is 0.416 e. The Labute approximate surface area is 117 Å². The van der Waals surface area contributed by atoms with Crippen LogP contribution in [0, 0.1) is 10.1 Å². The van der Waals surface area contributed by atoms with Crippen molar-refractivity contribution in [1.29, 1.82) is 0 Å². The minimum absolute atomic E-state index is 0.0271. The van der Waals surface area contributed by atoms with Crippen molar-refractivity contribution in [3.63, 3.8) is 0 Å². The van der Waals surface area contributed by atoms with Crippen LogP contribution in [0.15, 0.2) is 48.5 Å². The highest BCUT2D eigenvalue weighted by atomic mass is 19.4. The highest BCUT2D eigenvalue weighted by molar-refractivity contribution is 5.38. The van der Waals surface area contributed by atoms with Gasteiger partial charge in [0.1, 0.15) is 12.4 Å². The number of rotatable bonds is 4. The van der Waals surface area contributed by atoms with Crippen LogP contribution in [0.4, 0.5) is 18.9 Å². The maximum atomic E-state index is 12.4. The van der Waals surface area contributed by atoms with Crippen LogP contribution < -0.4 is 4.74 Å². The zero-order valence-electron chi connectivity index (χ0n) is 10.6. The SMILES string of the molecule is O=[N+]([O-])c1cccc(OCc2ccc(C(F)(F)F)cc2)c1. The number of hydrogen-bond acceptors (Lipinski definition) is 3. The molecule has 0 aliphatic carbocycles. The van der Waals surface area contributed by atoms with Crippen molar-refractivity contribution in [2.24, 2.45) is 0 Å². The number of nitrogens with zero attached hydrogens (tertiary/aromatic N) is 1. The minimum Gasteiger partial charge on any atom is -0.489 e. The summed E-state index contributed by atoms with van der Waals surface area (Å²) in [4.78, 5) is 10.1. The van der Waals surface area contributed by atoms with Gasteiger partial charge in [0.15, 0.2) is 0 Å². The van der Waals surface area contributed by atoms with Gasteiger partial charge >= 0.3 is 6.18 Å². The van der Waals surface area contributed by atoms with Gasteiger partial charge in [0.05, 0.1) is 16.6 Å². The van der Waals surface area contributed by atoms with E-state index < -0.39 is 16.7 Å². The second-order valence-corrected chi connectivity index (χ2v) is 4.24. The molecule has 0 radical (unpaired) electrons. The molecule has 0 bridgehead atoms. The number of alkyl halides is 3. The van der Waals surface area contributed by atoms with E-state index in [9.17, 15) is 23.3 Å². The van der Waals surface area contributed by atoms with Crippen LogP contribution in [0.25, 0.3) is 0 Å². The van der Waals surface area contributed by atoms with E-state index in [0.29, 0.717) is 5.56 Å². The number of benzene rings is 2. The van der Waals surface area contributed by atoms with E-state index in [1.54, 1.807) is 0 Å². The average molecular weight is 297 g/mol. The van der Waals surface area contributed by atoms with Gasteiger partial charge in [-0.3, -0.25) is 10.1 Å². The van der Waals surface area contributed by atoms with Crippen molar-refractivity contribution in [2.75, 3.05) is 0 Å². The Kier molecular flexibility index (Phi) is 4.11. The molecule has 2 aromatic rings. The number of nitro benzene ring substituents is 1. The molecule has 2 rings (SSSR count). The van der Waals surface area contributed by atoms with E-state index in [2.05, 4.69) is 0 Å². The molecule has 0 aromatic heterocycles. The molecule has 2 aromatic carbocycles. The third kappa shape index (κ3) is 3.95. The van der Waals surface area contributed by atoms with Crippen LogP contribution in [0.3, 0.4) is 0 Å². The molecule has 0 fully saturated rings. The molecule has 0 aliphatic heterocycles. The predicted molar refractivity (Wildman–Crippen MR) is 68.9 cm³/mol. The molecular formula is C14H10F3NO3. The van der Waals surface area contributed by atoms with Gasteiger partial charge in [-0.1, -0.05) is 18.2 Å². The van der Waals surface area contributed by atoms with Crippen molar-refractivity contribution in [1.82, 2.24) is 0 Å². The summed E-state index contributed by atoms with van der Waals surface area (Å²) in [5, 5.41) is 10.6. The Morgan fingerprint density at radius 2 is 1.76 bits per heavy atom. The lowest BCUT2D eigenvalue weighted by Crippen LogP contribution is -2.05. The van der Waals surface area contributed by atoms with Gasteiger partial charge in [-0.2, -0.15) is 13.2 Å². The number of halogens is 3. The highest BCUT2D eigenvalue weighted by Gasteiger charge is 2.29. The molecule has 0 saturated carbocycles. The fourth-order valence-corrected chi connectivity index (χ4v) is 1.64. The molecule has 21 heavy (non-hydrogen) atoms. The number of nitro groups is 1. The number of ether oxygens (including phenoxy) is 1. The maximum absolute atomic E-state index is 12.4. The Balaban J connectivity index is 2.03. The first-order valence-electron chi connectivity index (χ1n) is 5.89. The summed E-state index contributed by atoms with van der Waals surface area (Å²) in [5.41, 5.74) is -0.309. The van der Waals surface area contributed by atoms with E-state index in [1.165, 1.54) is 36.4 Å². The summed E-state index contributed by atoms with van der Waals surface area (Å²) in [6, 6.07) is 10.1. The second kappa shape index (κ2) is 5.82. The van der Waals surface area contributed by atoms with Crippen molar-refractivity contribution in [3.8, 4) is 5.75 Å². The van der Waals surface area contributed by atoms with Gasteiger partial charge in [-0.25, -0.2) is 0 Å². The lowest BCUT2D eigenvalue weighted by atomic mass is 10.1. The van der Waals surface area contributed by atoms with Gasteiger partial charge in [-0.05, 0) is 23.8 Å². The molecular weight excluding hydrogens is 287 g/mol. The Bertz CT molecular complexity index is 639. The van der Waals surface area contributed by atoms with Gasteiger partial charge in [0.25, 0.3) is 5.69 Å². The van der Waals surface area contributed by atoms with E-state index in [4.69, 9.17) is 4.74 Å². The zero-order chi connectivity index (χ0) is 15.5. The fraction of sp³-hybridized carbons (Fsp3) is 0.143. The van der Waals surface area contributed by atoms with Crippen molar-refractivity contribution in [2.45, 2.75) is 12.8 Å². The van der Waals surface area contributed by atoms with Crippen LogP contribution in [-0.4, -0.2) is 4.92 Å². The molecule has 4 nitrogen and oxygen atoms in total. The summed E-state index contributed by atoms with van der Waals surface area (Å²) in [6.07, 6.45) is -4.38. The van der Waals surface area contributed by atoms with E-state index >= 15 is 0 Å². The quantitative estimate of drug-likeness (QED) is 0.628. The molecule has 0 spiro atoms. The Morgan fingerprint density at radius 1 is 1.10 bits per heavy atom. The largest absolute Gasteiger partial charge is 0.489 e. The second-order valence-electron chi connectivity index (χ2n) is 4.24. The third-order valence-corrected chi connectivity index (χ3v) is 2.72. The van der Waals surface area contributed by atoms with E-state index in [-0.39, 0.29) is 18.0 Å². The summed E-state index contributed by atoms with van der Waals surface area (Å²) in [5.74, 6) is 0.282. The molecule has 0 unspecified atom stereocenters. The molecule has 0 heterocycles. The van der Waals surface area contributed by atoms with E-state index in [0.717, 1.165) is 12.1 Å². The van der Waals surface area contributed by atoms with Crippen molar-refractivity contribution >= 4 is 5.69 Å². The first-order chi connectivity index (χ1) is 9.86. The molecule has 0 aliphatic rings. The number of non-ortho nitro benzene ring substituents is 1. The Hall–Kier alpha value is -2.57. The molecule has 7 heteroatoms. The topological polar surface area (TPSA) is 52.4 Å². The molecule has 0 amide bonds. The standard InChI is InChI=1S/C14H10F3NO3/c15-14(16,17)11-6-4-10(5-7-11)9-21-13-3-1-2-12(8-13)18(19)20/h1-8H,9H2. The third-order valence-electron chi connectivity index (χ3n) is 2.72. The summed E-state index contributed by atoms with van der Waals surface area (Å²) in [6.45, 7) is 0.0271. The fourth-order valence-electron chi connectivity index (χ4n) is 1.64. The van der Waals surface area contributed by atoms with Crippen LogP contribution in [0.1, 0.15) is 11.1 Å². The normalized spacial score (nSPS) is 11.2. The van der Waals surface area contributed by atoms with Crippen LogP contribution in [-0.2, 0) is 12.8 Å². The van der Waals surface area contributed by atoms with Crippen LogP contribution >= 0.6 is 0 Å². The van der Waals surface area contributed by atoms with Gasteiger partial charge < -0.3 is 4.74 Å². The predicted octanol–water partition coefficient (Wildman–Crippen LogP) is 4.19. The van der Waals surface area contributed by atoms with Crippen LogP contribution in [0.2, 0.25) is 0 Å². The van der Waals surface area contributed by atoms with E-state index in [1.807, 2.05) is 0 Å². The molecule has 110 valence electrons. The molecule has 0 N–H and O–H groups in total. The van der Waals surface area contributed by atoms with Gasteiger partial charge in [0.2, 0.25) is 0 Å². The lowest BCUT2D eigenvalue weighted by Gasteiger charge is -2.09. The van der Waals surface area contributed by atoms with Crippen molar-refractivity contribution in [3.05, 3.63) is 69.8 Å². The molecule has 0 atom stereocenters. The molecule has 0 saturated heterocycles. The first kappa shape index (κ1) is 14.8. The first-order valence-corrected chi connectivity index (χ1v) is 5.89. The monoisotopic (exact) mass is 297 g/mol. The minimum atomic E-state index is -4.38. The van der Waals surface area contributed by atoms with Crippen LogP contribution in [0.5, 0.6) is 5.75 Å². The van der Waals surface area contributed by atoms with Crippen molar-refractivity contribution < 1.29 is 22.8 Å². The highest BCUT2D eigenvalue weighted by Crippen LogP contribution is 2.29. The van der Waals surface area contributed by atoms with Gasteiger partial charge in [0, 0.05) is 6.07 Å².